The van der Waals surface area contributed by atoms with Crippen molar-refractivity contribution in [3.8, 4) is 0 Å². The van der Waals surface area contributed by atoms with Gasteiger partial charge in [0.1, 0.15) is 5.82 Å². The molecule has 0 spiro atoms. The smallest absolute Gasteiger partial charge is 0.191 e. The predicted molar refractivity (Wildman–Crippen MR) is 67.4 cm³/mol. The molecule has 2 rings (SSSR count). The number of nitrogens with zero attached hydrogens (tertiary/aromatic N) is 4. The van der Waals surface area contributed by atoms with E-state index in [1.54, 1.807) is 11.8 Å². The van der Waals surface area contributed by atoms with Crippen LogP contribution >= 0.6 is 11.8 Å². The van der Waals surface area contributed by atoms with Crippen molar-refractivity contribution in [3.05, 3.63) is 35.4 Å². The van der Waals surface area contributed by atoms with Gasteiger partial charge in [-0.1, -0.05) is 17.8 Å². The van der Waals surface area contributed by atoms with Gasteiger partial charge in [-0.25, -0.2) is 0 Å². The molecule has 0 aliphatic rings. The van der Waals surface area contributed by atoms with Gasteiger partial charge in [0, 0.05) is 25.2 Å². The molecule has 0 radical (unpaired) electrons. The maximum absolute atomic E-state index is 5.55. The van der Waals surface area contributed by atoms with Crippen molar-refractivity contribution in [1.82, 2.24) is 19.7 Å². The summed E-state index contributed by atoms with van der Waals surface area (Å²) in [4.78, 5) is 4.16. The molecule has 2 aromatic rings. The molecule has 0 saturated carbocycles. The molecule has 0 amide bonds. The summed E-state index contributed by atoms with van der Waals surface area (Å²) in [6, 6.07) is 2.13. The van der Waals surface area contributed by atoms with Crippen molar-refractivity contribution in [1.29, 1.82) is 0 Å². The molecule has 0 saturated heterocycles. The monoisotopic (exact) mass is 249 g/mol. The fraction of sp³-hybridized carbons (Fsp3) is 0.364. The lowest BCUT2D eigenvalue weighted by Gasteiger charge is -2.03. The van der Waals surface area contributed by atoms with Crippen LogP contribution in [0.2, 0.25) is 0 Å². The first kappa shape index (κ1) is 12.1. The van der Waals surface area contributed by atoms with Crippen molar-refractivity contribution in [2.24, 2.45) is 12.8 Å². The Labute approximate surface area is 104 Å². The van der Waals surface area contributed by atoms with Crippen molar-refractivity contribution in [3.63, 3.8) is 0 Å². The second-order valence-corrected chi connectivity index (χ2v) is 4.76. The molecular formula is C11H15N5S. The van der Waals surface area contributed by atoms with Gasteiger partial charge < -0.3 is 10.3 Å². The number of pyridine rings is 1. The summed E-state index contributed by atoms with van der Waals surface area (Å²) in [7, 11) is 1.93. The lowest BCUT2D eigenvalue weighted by atomic mass is 10.2. The van der Waals surface area contributed by atoms with Crippen LogP contribution in [0.3, 0.4) is 0 Å². The third kappa shape index (κ3) is 2.83. The van der Waals surface area contributed by atoms with E-state index in [-0.39, 0.29) is 0 Å². The Bertz CT molecular complexity index is 508. The highest BCUT2D eigenvalue weighted by molar-refractivity contribution is 7.98. The van der Waals surface area contributed by atoms with E-state index in [2.05, 4.69) is 21.2 Å². The minimum atomic E-state index is 0.413. The Hall–Kier alpha value is -1.40. The molecule has 0 unspecified atom stereocenters. The van der Waals surface area contributed by atoms with Crippen LogP contribution in [0.25, 0.3) is 0 Å². The Morgan fingerprint density at radius 1 is 1.35 bits per heavy atom. The maximum atomic E-state index is 5.55. The van der Waals surface area contributed by atoms with Gasteiger partial charge in [-0.05, 0) is 18.1 Å². The van der Waals surface area contributed by atoms with Crippen LogP contribution in [0.5, 0.6) is 0 Å². The van der Waals surface area contributed by atoms with E-state index in [9.17, 15) is 0 Å². The predicted octanol–water partition coefficient (Wildman–Crippen LogP) is 1.27. The Morgan fingerprint density at radius 3 is 2.82 bits per heavy atom. The highest BCUT2D eigenvalue weighted by Crippen LogP contribution is 2.20. The van der Waals surface area contributed by atoms with Crippen molar-refractivity contribution < 1.29 is 0 Å². The van der Waals surface area contributed by atoms with Crippen molar-refractivity contribution >= 4 is 11.8 Å². The number of aromatic nitrogens is 4. The molecule has 0 aromatic carbocycles. The summed E-state index contributed by atoms with van der Waals surface area (Å²) in [5, 5.41) is 9.00. The summed E-state index contributed by atoms with van der Waals surface area (Å²) in [6.45, 7) is 2.45. The first-order valence-electron chi connectivity index (χ1n) is 5.32. The summed E-state index contributed by atoms with van der Waals surface area (Å²) in [6.07, 6.45) is 3.73. The number of hydrogen-bond acceptors (Lipinski definition) is 5. The topological polar surface area (TPSA) is 69.6 Å². The van der Waals surface area contributed by atoms with E-state index in [0.29, 0.717) is 6.54 Å². The number of nitrogens with two attached hydrogens (primary N) is 1. The molecule has 2 aromatic heterocycles. The van der Waals surface area contributed by atoms with Crippen LogP contribution < -0.4 is 5.73 Å². The normalized spacial score (nSPS) is 10.8. The molecule has 2 N–H and O–H groups in total. The average Bonchev–Trinajstić information content (AvgIpc) is 2.67. The van der Waals surface area contributed by atoms with E-state index in [0.717, 1.165) is 16.7 Å². The molecule has 5 nitrogen and oxygen atoms in total. The minimum Gasteiger partial charge on any atom is -0.324 e. The van der Waals surface area contributed by atoms with Crippen LogP contribution in [0, 0.1) is 6.92 Å². The van der Waals surface area contributed by atoms with E-state index in [1.165, 1.54) is 11.1 Å². The lowest BCUT2D eigenvalue weighted by Crippen LogP contribution is -2.05. The largest absolute Gasteiger partial charge is 0.324 e. The van der Waals surface area contributed by atoms with Gasteiger partial charge in [0.05, 0.1) is 6.54 Å². The van der Waals surface area contributed by atoms with Crippen LogP contribution in [0.1, 0.15) is 17.0 Å². The van der Waals surface area contributed by atoms with E-state index >= 15 is 0 Å². The van der Waals surface area contributed by atoms with Gasteiger partial charge in [-0.3, -0.25) is 4.98 Å². The van der Waals surface area contributed by atoms with E-state index in [1.807, 2.05) is 30.9 Å². The first-order chi connectivity index (χ1) is 8.20. The van der Waals surface area contributed by atoms with Crippen LogP contribution in [-0.4, -0.2) is 19.7 Å². The Morgan fingerprint density at radius 2 is 2.18 bits per heavy atom. The summed E-state index contributed by atoms with van der Waals surface area (Å²) < 4.78 is 1.92. The highest BCUT2D eigenvalue weighted by Gasteiger charge is 2.07. The molecule has 0 aliphatic carbocycles. The Kier molecular flexibility index (Phi) is 3.75. The quantitative estimate of drug-likeness (QED) is 0.826. The first-order valence-corrected chi connectivity index (χ1v) is 6.31. The van der Waals surface area contributed by atoms with E-state index in [4.69, 9.17) is 5.73 Å². The lowest BCUT2D eigenvalue weighted by molar-refractivity contribution is 0.734. The van der Waals surface area contributed by atoms with Gasteiger partial charge in [0.25, 0.3) is 0 Å². The average molecular weight is 249 g/mol. The standard InChI is InChI=1S/C11H15N5S/c1-8-3-9(6-13-5-8)7-17-11-15-14-10(4-12)16(11)2/h3,5-6H,4,7,12H2,1-2H3. The molecule has 0 atom stereocenters. The third-order valence-corrected chi connectivity index (χ3v) is 3.50. The fourth-order valence-corrected chi connectivity index (χ4v) is 2.34. The van der Waals surface area contributed by atoms with Gasteiger partial charge in [-0.2, -0.15) is 0 Å². The molecule has 0 fully saturated rings. The molecule has 17 heavy (non-hydrogen) atoms. The SMILES string of the molecule is Cc1cncc(CSc2nnc(CN)n2C)c1. The highest BCUT2D eigenvalue weighted by atomic mass is 32.2. The second-order valence-electron chi connectivity index (χ2n) is 3.82. The molecular weight excluding hydrogens is 234 g/mol. The molecule has 0 bridgehead atoms. The second kappa shape index (κ2) is 5.29. The van der Waals surface area contributed by atoms with Gasteiger partial charge >= 0.3 is 0 Å². The van der Waals surface area contributed by atoms with Crippen LogP contribution in [0.4, 0.5) is 0 Å². The van der Waals surface area contributed by atoms with Crippen LogP contribution in [-0.2, 0) is 19.3 Å². The zero-order chi connectivity index (χ0) is 12.3. The third-order valence-electron chi connectivity index (χ3n) is 2.41. The van der Waals surface area contributed by atoms with Crippen molar-refractivity contribution in [2.75, 3.05) is 0 Å². The van der Waals surface area contributed by atoms with Gasteiger partial charge in [0.15, 0.2) is 5.16 Å². The number of rotatable bonds is 4. The molecule has 6 heteroatoms. The van der Waals surface area contributed by atoms with Gasteiger partial charge in [-0.15, -0.1) is 10.2 Å². The summed E-state index contributed by atoms with van der Waals surface area (Å²) >= 11 is 1.64. The Balaban J connectivity index is 2.05. The summed E-state index contributed by atoms with van der Waals surface area (Å²) in [5.41, 5.74) is 7.91. The van der Waals surface area contributed by atoms with Crippen LogP contribution in [0.15, 0.2) is 23.6 Å². The number of thioether (sulfide) groups is 1. The number of aryl methyl sites for hydroxylation is 1. The molecule has 2 heterocycles. The molecule has 0 aliphatic heterocycles. The summed E-state index contributed by atoms with van der Waals surface area (Å²) in [5.74, 6) is 1.64. The van der Waals surface area contributed by atoms with Crippen molar-refractivity contribution in [2.45, 2.75) is 24.4 Å². The molecule has 90 valence electrons. The zero-order valence-corrected chi connectivity index (χ0v) is 10.7. The fourth-order valence-electron chi connectivity index (χ4n) is 1.49. The number of hydrogen-bond donors (Lipinski definition) is 1. The van der Waals surface area contributed by atoms with E-state index < -0.39 is 0 Å². The maximum Gasteiger partial charge on any atom is 0.191 e. The minimum absolute atomic E-state index is 0.413. The zero-order valence-electron chi connectivity index (χ0n) is 9.92. The van der Waals surface area contributed by atoms with Gasteiger partial charge in [0.2, 0.25) is 0 Å².